The summed E-state index contributed by atoms with van der Waals surface area (Å²) < 4.78 is 13.2. The molecule has 34 heavy (non-hydrogen) atoms. The van der Waals surface area contributed by atoms with Gasteiger partial charge in [-0.15, -0.1) is 0 Å². The maximum atomic E-state index is 13.0. The summed E-state index contributed by atoms with van der Waals surface area (Å²) in [6.07, 6.45) is 0.806. The maximum absolute atomic E-state index is 13.0. The fourth-order valence-corrected chi connectivity index (χ4v) is 5.64. The molecule has 0 saturated carbocycles. The van der Waals surface area contributed by atoms with Crippen LogP contribution in [0, 0.1) is 25.2 Å². The van der Waals surface area contributed by atoms with Gasteiger partial charge < -0.3 is 14.0 Å². The molecular formula is C25H26BrN3O4S. The summed E-state index contributed by atoms with van der Waals surface area (Å²) in [7, 11) is 1.87. The van der Waals surface area contributed by atoms with Gasteiger partial charge in [0.05, 0.1) is 27.7 Å². The Labute approximate surface area is 211 Å². The van der Waals surface area contributed by atoms with Gasteiger partial charge >= 0.3 is 11.9 Å². The second-order valence-electron chi connectivity index (χ2n) is 7.73. The largest absolute Gasteiger partial charge is 0.462 e. The average Bonchev–Trinajstić information content (AvgIpc) is 3.03. The van der Waals surface area contributed by atoms with E-state index in [2.05, 4.69) is 22.0 Å². The van der Waals surface area contributed by atoms with Gasteiger partial charge in [0.15, 0.2) is 0 Å². The minimum absolute atomic E-state index is 0.228. The zero-order chi connectivity index (χ0) is 25.2. The van der Waals surface area contributed by atoms with Crippen molar-refractivity contribution >= 4 is 50.5 Å². The average molecular weight is 544 g/mol. The van der Waals surface area contributed by atoms with Crippen molar-refractivity contribution in [1.29, 1.82) is 5.26 Å². The molecule has 7 nitrogen and oxygen atoms in total. The molecule has 0 aliphatic heterocycles. The SMILES string of the molecule is CCOC(=O)c1c(CSc2nc(C)c(CC)c(C)c2C#N)n(C)c2cc(Br)c(OC(C)=O)cc12. The molecule has 0 atom stereocenters. The van der Waals surface area contributed by atoms with Gasteiger partial charge in [-0.3, -0.25) is 4.79 Å². The van der Waals surface area contributed by atoms with Crippen LogP contribution in [0.1, 0.15) is 59.2 Å². The second kappa shape index (κ2) is 10.6. The third-order valence-electron chi connectivity index (χ3n) is 5.67. The number of hydrogen-bond acceptors (Lipinski definition) is 7. The van der Waals surface area contributed by atoms with Gasteiger partial charge in [0.25, 0.3) is 0 Å². The normalized spacial score (nSPS) is 10.9. The number of carbonyl (C=O) groups is 2. The van der Waals surface area contributed by atoms with Crippen LogP contribution in [-0.2, 0) is 28.8 Å². The zero-order valence-electron chi connectivity index (χ0n) is 20.0. The lowest BCUT2D eigenvalue weighted by Gasteiger charge is -2.13. The van der Waals surface area contributed by atoms with E-state index in [4.69, 9.17) is 14.5 Å². The van der Waals surface area contributed by atoms with Crippen LogP contribution >= 0.6 is 27.7 Å². The van der Waals surface area contributed by atoms with Crippen LogP contribution < -0.4 is 4.74 Å². The van der Waals surface area contributed by atoms with Crippen LogP contribution in [0.25, 0.3) is 10.9 Å². The van der Waals surface area contributed by atoms with Crippen molar-refractivity contribution in [2.45, 2.75) is 51.8 Å². The summed E-state index contributed by atoms with van der Waals surface area (Å²) in [5.74, 6) is -0.195. The van der Waals surface area contributed by atoms with Crippen LogP contribution in [0.2, 0.25) is 0 Å². The Morgan fingerprint density at radius 2 is 1.97 bits per heavy atom. The number of aromatic nitrogens is 2. The van der Waals surface area contributed by atoms with E-state index in [1.54, 1.807) is 13.0 Å². The van der Waals surface area contributed by atoms with Gasteiger partial charge in [-0.2, -0.15) is 5.26 Å². The van der Waals surface area contributed by atoms with E-state index in [1.807, 2.05) is 38.5 Å². The number of ether oxygens (including phenoxy) is 2. The number of rotatable bonds is 7. The number of benzene rings is 1. The van der Waals surface area contributed by atoms with Gasteiger partial charge in [-0.1, -0.05) is 18.7 Å². The molecule has 3 rings (SSSR count). The summed E-state index contributed by atoms with van der Waals surface area (Å²) in [6, 6.07) is 5.78. The summed E-state index contributed by atoms with van der Waals surface area (Å²) in [5.41, 5.74) is 5.40. The molecule has 0 bridgehead atoms. The molecule has 3 aromatic rings. The van der Waals surface area contributed by atoms with Crippen LogP contribution in [0.4, 0.5) is 0 Å². The minimum Gasteiger partial charge on any atom is -0.462 e. The Morgan fingerprint density at radius 1 is 1.26 bits per heavy atom. The fraction of sp³-hybridized carbons (Fsp3) is 0.360. The molecule has 0 fully saturated rings. The zero-order valence-corrected chi connectivity index (χ0v) is 22.4. The molecule has 9 heteroatoms. The van der Waals surface area contributed by atoms with Gasteiger partial charge in [0.2, 0.25) is 0 Å². The van der Waals surface area contributed by atoms with E-state index < -0.39 is 11.9 Å². The second-order valence-corrected chi connectivity index (χ2v) is 9.55. The summed E-state index contributed by atoms with van der Waals surface area (Å²) >= 11 is 4.86. The van der Waals surface area contributed by atoms with Crippen molar-refractivity contribution in [3.05, 3.63) is 50.2 Å². The van der Waals surface area contributed by atoms with Gasteiger partial charge in [-0.05, 0) is 66.4 Å². The molecule has 0 N–H and O–H groups in total. The lowest BCUT2D eigenvalue weighted by molar-refractivity contribution is -0.131. The van der Waals surface area contributed by atoms with E-state index in [-0.39, 0.29) is 6.61 Å². The molecule has 0 radical (unpaired) electrons. The lowest BCUT2D eigenvalue weighted by Crippen LogP contribution is -2.09. The van der Waals surface area contributed by atoms with Gasteiger partial charge in [0, 0.05) is 36.5 Å². The van der Waals surface area contributed by atoms with Crippen molar-refractivity contribution < 1.29 is 19.1 Å². The van der Waals surface area contributed by atoms with Crippen LogP contribution in [-0.4, -0.2) is 28.1 Å². The Morgan fingerprint density at radius 3 is 2.56 bits per heavy atom. The maximum Gasteiger partial charge on any atom is 0.340 e. The van der Waals surface area contributed by atoms with Crippen molar-refractivity contribution in [1.82, 2.24) is 9.55 Å². The number of nitriles is 1. The molecule has 2 heterocycles. The first kappa shape index (κ1) is 25.8. The molecule has 0 amide bonds. The molecule has 0 unspecified atom stereocenters. The first-order chi connectivity index (χ1) is 16.1. The molecule has 1 aromatic carbocycles. The first-order valence-corrected chi connectivity index (χ1v) is 12.6. The highest BCUT2D eigenvalue weighted by atomic mass is 79.9. The molecule has 0 spiro atoms. The molecular weight excluding hydrogens is 518 g/mol. The molecule has 2 aromatic heterocycles. The number of pyridine rings is 1. The number of hydrogen-bond donors (Lipinski definition) is 0. The fourth-order valence-electron chi connectivity index (χ4n) is 4.07. The Hall–Kier alpha value is -2.83. The number of fused-ring (bicyclic) bond motifs is 1. The van der Waals surface area contributed by atoms with E-state index in [9.17, 15) is 14.9 Å². The van der Waals surface area contributed by atoms with Crippen LogP contribution in [0.3, 0.4) is 0 Å². The Bertz CT molecular complexity index is 1340. The summed E-state index contributed by atoms with van der Waals surface area (Å²) in [4.78, 5) is 29.2. The highest BCUT2D eigenvalue weighted by molar-refractivity contribution is 9.10. The smallest absolute Gasteiger partial charge is 0.340 e. The van der Waals surface area contributed by atoms with Crippen molar-refractivity contribution in [2.24, 2.45) is 7.05 Å². The molecule has 0 aliphatic carbocycles. The van der Waals surface area contributed by atoms with Crippen LogP contribution in [0.15, 0.2) is 21.6 Å². The van der Waals surface area contributed by atoms with E-state index >= 15 is 0 Å². The highest BCUT2D eigenvalue weighted by Gasteiger charge is 2.25. The van der Waals surface area contributed by atoms with Crippen molar-refractivity contribution in [2.75, 3.05) is 6.61 Å². The number of halogens is 1. The minimum atomic E-state index is -0.458. The highest BCUT2D eigenvalue weighted by Crippen LogP contribution is 2.38. The Balaban J connectivity index is 2.15. The van der Waals surface area contributed by atoms with E-state index in [0.717, 1.165) is 34.5 Å². The van der Waals surface area contributed by atoms with Gasteiger partial charge in [-0.25, -0.2) is 9.78 Å². The Kier molecular flexibility index (Phi) is 8.05. The van der Waals surface area contributed by atoms with Gasteiger partial charge in [0.1, 0.15) is 16.8 Å². The number of aryl methyl sites for hydroxylation is 2. The van der Waals surface area contributed by atoms with E-state index in [0.29, 0.717) is 37.5 Å². The number of thioether (sulfide) groups is 1. The predicted molar refractivity (Wildman–Crippen MR) is 135 cm³/mol. The number of nitrogens with zero attached hydrogens (tertiary/aromatic N) is 3. The molecule has 0 aliphatic rings. The predicted octanol–water partition coefficient (Wildman–Crippen LogP) is 5.78. The third-order valence-corrected chi connectivity index (χ3v) is 7.27. The third kappa shape index (κ3) is 4.84. The van der Waals surface area contributed by atoms with E-state index in [1.165, 1.54) is 18.7 Å². The topological polar surface area (TPSA) is 94.2 Å². The van der Waals surface area contributed by atoms with Crippen molar-refractivity contribution in [3.63, 3.8) is 0 Å². The lowest BCUT2D eigenvalue weighted by atomic mass is 10.0. The molecule has 0 saturated heterocycles. The monoisotopic (exact) mass is 543 g/mol. The number of carbonyl (C=O) groups excluding carboxylic acids is 2. The number of esters is 2. The first-order valence-electron chi connectivity index (χ1n) is 10.8. The van der Waals surface area contributed by atoms with Crippen LogP contribution in [0.5, 0.6) is 5.75 Å². The van der Waals surface area contributed by atoms with Crippen molar-refractivity contribution in [3.8, 4) is 11.8 Å². The summed E-state index contributed by atoms with van der Waals surface area (Å²) in [6.45, 7) is 9.25. The summed E-state index contributed by atoms with van der Waals surface area (Å²) in [5, 5.41) is 11.1. The standard InChI is InChI=1S/C25H26BrN3O4S/c1-7-16-13(3)18(11-27)24(28-14(16)4)34-12-21-23(25(31)32-8-2)17-9-22(33-15(5)30)19(26)10-20(17)29(21)6/h9-10H,7-8,12H2,1-6H3. The molecule has 178 valence electrons. The quantitative estimate of drug-likeness (QED) is 0.211.